The van der Waals surface area contributed by atoms with Crippen LogP contribution in [-0.4, -0.2) is 30.8 Å². The molecule has 0 radical (unpaired) electrons. The zero-order valence-corrected chi connectivity index (χ0v) is 12.0. The van der Waals surface area contributed by atoms with Gasteiger partial charge in [-0.05, 0) is 16.8 Å². The molecule has 2 aromatic rings. The highest BCUT2D eigenvalue weighted by Crippen LogP contribution is 2.46. The number of fused-ring (bicyclic) bond motifs is 5. The third-order valence-corrected chi connectivity index (χ3v) is 4.28. The van der Waals surface area contributed by atoms with Crippen LogP contribution in [0.5, 0.6) is 5.75 Å². The van der Waals surface area contributed by atoms with E-state index in [-0.39, 0.29) is 24.5 Å². The number of amides is 1. The molecular formula is C16H17N2O4+. The predicted molar refractivity (Wildman–Crippen MR) is 77.3 cm³/mol. The molecule has 4 rings (SSSR count). The molecule has 2 aliphatic heterocycles. The lowest BCUT2D eigenvalue weighted by molar-refractivity contribution is -0.685. The summed E-state index contributed by atoms with van der Waals surface area (Å²) >= 11 is 0. The molecule has 6 nitrogen and oxygen atoms in total. The van der Waals surface area contributed by atoms with Crippen LogP contribution in [0.25, 0.3) is 10.8 Å². The van der Waals surface area contributed by atoms with E-state index >= 15 is 0 Å². The zero-order chi connectivity index (χ0) is 15.1. The third kappa shape index (κ3) is 1.96. The van der Waals surface area contributed by atoms with Crippen molar-refractivity contribution in [2.75, 3.05) is 19.8 Å². The molecule has 2 aliphatic rings. The van der Waals surface area contributed by atoms with Crippen molar-refractivity contribution in [2.45, 2.75) is 6.04 Å². The Morgan fingerprint density at radius 2 is 2.14 bits per heavy atom. The van der Waals surface area contributed by atoms with Gasteiger partial charge < -0.3 is 4.74 Å². The van der Waals surface area contributed by atoms with Gasteiger partial charge in [-0.25, -0.2) is 11.0 Å². The first kappa shape index (κ1) is 13.5. The van der Waals surface area contributed by atoms with E-state index in [2.05, 4.69) is 18.0 Å². The SMILES string of the molecule is [NH3+]OCC(=O)N1OCC2COc3ccc4ccccc4c3C21. The number of hydrogen-bond donors (Lipinski definition) is 1. The number of hydrogen-bond acceptors (Lipinski definition) is 4. The van der Waals surface area contributed by atoms with Gasteiger partial charge in [-0.2, -0.15) is 4.84 Å². The summed E-state index contributed by atoms with van der Waals surface area (Å²) in [7, 11) is 0. The molecule has 0 spiro atoms. The van der Waals surface area contributed by atoms with Gasteiger partial charge in [0.15, 0.2) is 6.61 Å². The minimum atomic E-state index is -0.219. The lowest BCUT2D eigenvalue weighted by Gasteiger charge is -2.32. The monoisotopic (exact) mass is 301 g/mol. The molecule has 2 unspecified atom stereocenters. The van der Waals surface area contributed by atoms with E-state index in [0.29, 0.717) is 13.2 Å². The summed E-state index contributed by atoms with van der Waals surface area (Å²) in [5.41, 5.74) is 1.02. The van der Waals surface area contributed by atoms with Gasteiger partial charge in [0.05, 0.1) is 19.3 Å². The lowest BCUT2D eigenvalue weighted by Crippen LogP contribution is -2.52. The minimum Gasteiger partial charge on any atom is -0.493 e. The molecule has 0 aliphatic carbocycles. The van der Waals surface area contributed by atoms with Crippen LogP contribution >= 0.6 is 0 Å². The topological polar surface area (TPSA) is 75.6 Å². The maximum atomic E-state index is 12.2. The van der Waals surface area contributed by atoms with Gasteiger partial charge >= 0.3 is 0 Å². The van der Waals surface area contributed by atoms with Crippen LogP contribution in [0.4, 0.5) is 0 Å². The summed E-state index contributed by atoms with van der Waals surface area (Å²) in [5.74, 6) is 4.00. The quantitative estimate of drug-likeness (QED) is 0.834. The van der Waals surface area contributed by atoms with Crippen LogP contribution < -0.4 is 10.6 Å². The molecule has 1 saturated heterocycles. The highest BCUT2D eigenvalue weighted by molar-refractivity contribution is 5.89. The van der Waals surface area contributed by atoms with E-state index in [1.54, 1.807) is 0 Å². The van der Waals surface area contributed by atoms with Gasteiger partial charge in [0, 0.05) is 11.5 Å². The van der Waals surface area contributed by atoms with Crippen molar-refractivity contribution in [3.05, 3.63) is 42.0 Å². The first-order valence-corrected chi connectivity index (χ1v) is 7.26. The van der Waals surface area contributed by atoms with Crippen LogP contribution in [0.15, 0.2) is 36.4 Å². The molecule has 3 N–H and O–H groups in total. The van der Waals surface area contributed by atoms with Crippen LogP contribution in [-0.2, 0) is 14.5 Å². The Balaban J connectivity index is 1.85. The number of ether oxygens (including phenoxy) is 1. The number of hydroxylamine groups is 2. The number of carbonyl (C=O) groups excluding carboxylic acids is 1. The van der Waals surface area contributed by atoms with Crippen molar-refractivity contribution in [3.8, 4) is 5.75 Å². The van der Waals surface area contributed by atoms with Gasteiger partial charge in [0.2, 0.25) is 0 Å². The largest absolute Gasteiger partial charge is 0.493 e. The highest BCUT2D eigenvalue weighted by Gasteiger charge is 2.45. The lowest BCUT2D eigenvalue weighted by atomic mass is 9.88. The number of quaternary nitrogens is 1. The van der Waals surface area contributed by atoms with E-state index in [1.165, 1.54) is 5.06 Å². The van der Waals surface area contributed by atoms with E-state index < -0.39 is 0 Å². The average molecular weight is 301 g/mol. The Hall–Kier alpha value is -2.15. The second kappa shape index (κ2) is 5.24. The summed E-state index contributed by atoms with van der Waals surface area (Å²) in [6, 6.07) is 12.0. The highest BCUT2D eigenvalue weighted by atomic mass is 16.7. The molecule has 0 bridgehead atoms. The minimum absolute atomic E-state index is 0.0931. The number of benzene rings is 2. The Morgan fingerprint density at radius 3 is 3.00 bits per heavy atom. The van der Waals surface area contributed by atoms with Crippen LogP contribution in [0.1, 0.15) is 11.6 Å². The van der Waals surface area contributed by atoms with Crippen molar-refractivity contribution in [1.29, 1.82) is 0 Å². The summed E-state index contributed by atoms with van der Waals surface area (Å²) in [4.78, 5) is 22.6. The zero-order valence-electron chi connectivity index (χ0n) is 12.0. The average Bonchev–Trinajstić information content (AvgIpc) is 2.99. The van der Waals surface area contributed by atoms with Crippen molar-refractivity contribution in [1.82, 2.24) is 5.06 Å². The van der Waals surface area contributed by atoms with Crippen LogP contribution in [0, 0.1) is 5.92 Å². The van der Waals surface area contributed by atoms with Crippen molar-refractivity contribution in [2.24, 2.45) is 5.92 Å². The van der Waals surface area contributed by atoms with Gasteiger partial charge in [-0.1, -0.05) is 30.3 Å². The van der Waals surface area contributed by atoms with Gasteiger partial charge in [0.25, 0.3) is 5.91 Å². The summed E-state index contributed by atoms with van der Waals surface area (Å²) in [5, 5.41) is 3.65. The standard InChI is InChI=1S/C16H17N2O4/c17-21-9-14(19)18-16-11(8-22-18)7-20-13-6-5-10-3-1-2-4-12(10)15(13)16/h1-6,11,16H,7-9H2,17H3/q+1. The number of rotatable bonds is 2. The van der Waals surface area contributed by atoms with Gasteiger partial charge in [-0.15, -0.1) is 0 Å². The molecule has 0 saturated carbocycles. The fourth-order valence-electron chi connectivity index (χ4n) is 3.31. The Labute approximate surface area is 127 Å². The number of nitrogens with zero attached hydrogens (tertiary/aromatic N) is 1. The molecule has 114 valence electrons. The fraction of sp³-hybridized carbons (Fsp3) is 0.312. The van der Waals surface area contributed by atoms with Crippen molar-refractivity contribution >= 4 is 16.7 Å². The first-order valence-electron chi connectivity index (χ1n) is 7.26. The third-order valence-electron chi connectivity index (χ3n) is 4.28. The summed E-state index contributed by atoms with van der Waals surface area (Å²) < 4.78 is 5.87. The van der Waals surface area contributed by atoms with Gasteiger partial charge in [-0.3, -0.25) is 9.63 Å². The molecule has 22 heavy (non-hydrogen) atoms. The maximum Gasteiger partial charge on any atom is 0.279 e. The van der Waals surface area contributed by atoms with Gasteiger partial charge in [0.1, 0.15) is 5.75 Å². The van der Waals surface area contributed by atoms with Crippen molar-refractivity contribution in [3.63, 3.8) is 0 Å². The van der Waals surface area contributed by atoms with E-state index in [4.69, 9.17) is 14.4 Å². The second-order valence-electron chi connectivity index (χ2n) is 5.58. The fourth-order valence-corrected chi connectivity index (χ4v) is 3.31. The van der Waals surface area contributed by atoms with E-state index in [9.17, 15) is 4.79 Å². The second-order valence-corrected chi connectivity index (χ2v) is 5.58. The van der Waals surface area contributed by atoms with Crippen LogP contribution in [0.2, 0.25) is 0 Å². The van der Waals surface area contributed by atoms with Crippen LogP contribution in [0.3, 0.4) is 0 Å². The normalized spacial score (nSPS) is 23.0. The van der Waals surface area contributed by atoms with E-state index in [0.717, 1.165) is 22.1 Å². The Bertz CT molecular complexity index is 733. The smallest absolute Gasteiger partial charge is 0.279 e. The van der Waals surface area contributed by atoms with Crippen molar-refractivity contribution < 1.29 is 25.1 Å². The number of carbonyl (C=O) groups is 1. The first-order chi connectivity index (χ1) is 10.8. The molecular weight excluding hydrogens is 284 g/mol. The molecule has 1 fully saturated rings. The summed E-state index contributed by atoms with van der Waals surface area (Å²) in [6.45, 7) is 0.922. The molecule has 6 heteroatoms. The predicted octanol–water partition coefficient (Wildman–Crippen LogP) is 0.837. The van der Waals surface area contributed by atoms with E-state index in [1.807, 2.05) is 24.3 Å². The maximum absolute atomic E-state index is 12.2. The summed E-state index contributed by atoms with van der Waals surface area (Å²) in [6.07, 6.45) is 0. The molecule has 2 aromatic carbocycles. The Kier molecular flexibility index (Phi) is 3.22. The molecule has 1 amide bonds. The molecule has 2 heterocycles. The molecule has 2 atom stereocenters. The molecule has 0 aromatic heterocycles. The Morgan fingerprint density at radius 1 is 1.27 bits per heavy atom.